The molecule has 1 aliphatic heterocycles. The smallest absolute Gasteiger partial charge is 0.269 e. The topological polar surface area (TPSA) is 102 Å². The number of hydrogen-bond acceptors (Lipinski definition) is 5. The van der Waals surface area contributed by atoms with Crippen LogP contribution in [0.3, 0.4) is 0 Å². The third kappa shape index (κ3) is 2.88. The number of hydrogen-bond donors (Lipinski definition) is 2. The fourth-order valence-electron chi connectivity index (χ4n) is 4.29. The van der Waals surface area contributed by atoms with Gasteiger partial charge in [-0.15, -0.1) is 0 Å². The molecule has 146 valence electrons. The number of aromatic nitrogens is 4. The SMILES string of the molecule is Cn1cc(CCNC(=O)c2cc3c(cn2)CC2(C3)C(=O)Nc3ncccc32)cn1. The van der Waals surface area contributed by atoms with E-state index < -0.39 is 5.41 Å². The molecule has 8 nitrogen and oxygen atoms in total. The molecule has 3 aromatic rings. The van der Waals surface area contributed by atoms with Crippen molar-refractivity contribution in [3.05, 3.63) is 70.9 Å². The Balaban J connectivity index is 1.32. The van der Waals surface area contributed by atoms with Crippen LogP contribution in [-0.2, 0) is 36.5 Å². The number of rotatable bonds is 4. The van der Waals surface area contributed by atoms with Crippen molar-refractivity contribution in [3.8, 4) is 0 Å². The van der Waals surface area contributed by atoms with Crippen LogP contribution in [0.25, 0.3) is 0 Å². The fraction of sp³-hybridized carbons (Fsp3) is 0.286. The van der Waals surface area contributed by atoms with E-state index in [1.807, 2.05) is 31.4 Å². The van der Waals surface area contributed by atoms with E-state index in [1.165, 1.54) is 0 Å². The molecule has 1 spiro atoms. The van der Waals surface area contributed by atoms with Gasteiger partial charge in [-0.25, -0.2) is 4.98 Å². The summed E-state index contributed by atoms with van der Waals surface area (Å²) in [6, 6.07) is 5.61. The quantitative estimate of drug-likeness (QED) is 0.699. The Morgan fingerprint density at radius 2 is 2.14 bits per heavy atom. The van der Waals surface area contributed by atoms with Crippen molar-refractivity contribution in [2.75, 3.05) is 11.9 Å². The van der Waals surface area contributed by atoms with E-state index >= 15 is 0 Å². The zero-order chi connectivity index (χ0) is 20.0. The van der Waals surface area contributed by atoms with Crippen molar-refractivity contribution < 1.29 is 9.59 Å². The van der Waals surface area contributed by atoms with Crippen LogP contribution in [-0.4, -0.2) is 38.1 Å². The van der Waals surface area contributed by atoms with Gasteiger partial charge in [0, 0.05) is 37.7 Å². The Morgan fingerprint density at radius 3 is 2.97 bits per heavy atom. The van der Waals surface area contributed by atoms with Crippen LogP contribution in [0, 0.1) is 0 Å². The van der Waals surface area contributed by atoms with Crippen molar-refractivity contribution in [2.24, 2.45) is 7.05 Å². The standard InChI is InChI=1S/C21H20N6O2/c1-27-12-13(10-25-27)4-6-23-19(28)17-7-14-8-21(9-15(14)11-24-17)16-3-2-5-22-18(16)26-20(21)29/h2-3,5,7,10-12H,4,6,8-9H2,1H3,(H,23,28)(H,22,26,29). The highest BCUT2D eigenvalue weighted by Gasteiger charge is 2.51. The zero-order valence-corrected chi connectivity index (χ0v) is 16.0. The van der Waals surface area contributed by atoms with Crippen molar-refractivity contribution in [1.29, 1.82) is 0 Å². The number of fused-ring (bicyclic) bond motifs is 3. The van der Waals surface area contributed by atoms with Gasteiger partial charge in [0.25, 0.3) is 5.91 Å². The van der Waals surface area contributed by atoms with Gasteiger partial charge in [0.1, 0.15) is 11.5 Å². The van der Waals surface area contributed by atoms with Gasteiger partial charge in [0.05, 0.1) is 11.6 Å². The predicted molar refractivity (Wildman–Crippen MR) is 105 cm³/mol. The third-order valence-corrected chi connectivity index (χ3v) is 5.75. The first-order valence-corrected chi connectivity index (χ1v) is 9.56. The Hall–Kier alpha value is -3.55. The van der Waals surface area contributed by atoms with Crippen molar-refractivity contribution in [3.63, 3.8) is 0 Å². The predicted octanol–water partition coefficient (Wildman–Crippen LogP) is 1.17. The summed E-state index contributed by atoms with van der Waals surface area (Å²) >= 11 is 0. The summed E-state index contributed by atoms with van der Waals surface area (Å²) in [5.41, 5.74) is 3.70. The number of aryl methyl sites for hydroxylation is 1. The Labute approximate surface area is 167 Å². The van der Waals surface area contributed by atoms with Gasteiger partial charge in [-0.2, -0.15) is 5.10 Å². The Kier molecular flexibility index (Phi) is 3.94. The molecule has 1 aliphatic carbocycles. The molecular formula is C21H20N6O2. The monoisotopic (exact) mass is 388 g/mol. The van der Waals surface area contributed by atoms with Crippen LogP contribution >= 0.6 is 0 Å². The van der Waals surface area contributed by atoms with Crippen LogP contribution in [0.4, 0.5) is 5.82 Å². The van der Waals surface area contributed by atoms with Crippen molar-refractivity contribution in [2.45, 2.75) is 24.7 Å². The summed E-state index contributed by atoms with van der Waals surface area (Å²) in [5.74, 6) is 0.382. The average molecular weight is 388 g/mol. The lowest BCUT2D eigenvalue weighted by Crippen LogP contribution is -2.35. The molecule has 3 aromatic heterocycles. The van der Waals surface area contributed by atoms with E-state index in [1.54, 1.807) is 23.3 Å². The second kappa shape index (κ2) is 6.51. The van der Waals surface area contributed by atoms with Crippen LogP contribution < -0.4 is 10.6 Å². The lowest BCUT2D eigenvalue weighted by Gasteiger charge is -2.20. The van der Waals surface area contributed by atoms with E-state index in [4.69, 9.17) is 0 Å². The molecule has 1 unspecified atom stereocenters. The first-order valence-electron chi connectivity index (χ1n) is 9.56. The molecule has 0 radical (unpaired) electrons. The number of nitrogens with zero attached hydrogens (tertiary/aromatic N) is 4. The van der Waals surface area contributed by atoms with E-state index in [9.17, 15) is 9.59 Å². The largest absolute Gasteiger partial charge is 0.350 e. The summed E-state index contributed by atoms with van der Waals surface area (Å²) in [6.07, 6.45) is 8.94. The number of nitrogens with one attached hydrogen (secondary N) is 2. The van der Waals surface area contributed by atoms with Gasteiger partial charge in [-0.1, -0.05) is 6.07 Å². The summed E-state index contributed by atoms with van der Waals surface area (Å²) in [4.78, 5) is 33.9. The fourth-order valence-corrected chi connectivity index (χ4v) is 4.29. The maximum Gasteiger partial charge on any atom is 0.269 e. The molecule has 0 aromatic carbocycles. The molecule has 4 heterocycles. The Bertz CT molecular complexity index is 1140. The summed E-state index contributed by atoms with van der Waals surface area (Å²) in [5, 5.41) is 9.92. The average Bonchev–Trinajstić information content (AvgIpc) is 3.38. The highest BCUT2D eigenvalue weighted by molar-refractivity contribution is 6.06. The minimum Gasteiger partial charge on any atom is -0.350 e. The first kappa shape index (κ1) is 17.5. The molecular weight excluding hydrogens is 368 g/mol. The maximum atomic E-state index is 12.8. The summed E-state index contributed by atoms with van der Waals surface area (Å²) in [6.45, 7) is 0.509. The minimum absolute atomic E-state index is 0.0372. The molecule has 5 rings (SSSR count). The number of pyridine rings is 2. The maximum absolute atomic E-state index is 12.8. The molecule has 0 bridgehead atoms. The van der Waals surface area contributed by atoms with E-state index in [0.29, 0.717) is 37.3 Å². The molecule has 0 fully saturated rings. The third-order valence-electron chi connectivity index (χ3n) is 5.75. The number of amides is 2. The molecule has 29 heavy (non-hydrogen) atoms. The molecule has 0 saturated carbocycles. The van der Waals surface area contributed by atoms with Crippen molar-refractivity contribution in [1.82, 2.24) is 25.1 Å². The van der Waals surface area contributed by atoms with Gasteiger partial charge in [0.15, 0.2) is 0 Å². The van der Waals surface area contributed by atoms with E-state index in [2.05, 4.69) is 25.7 Å². The lowest BCUT2D eigenvalue weighted by atomic mass is 9.79. The first-order chi connectivity index (χ1) is 14.0. The lowest BCUT2D eigenvalue weighted by molar-refractivity contribution is -0.120. The molecule has 1 atom stereocenters. The second-order valence-corrected chi connectivity index (χ2v) is 7.66. The van der Waals surface area contributed by atoms with Gasteiger partial charge >= 0.3 is 0 Å². The highest BCUT2D eigenvalue weighted by atomic mass is 16.2. The minimum atomic E-state index is -0.650. The van der Waals surface area contributed by atoms with Crippen LogP contribution in [0.2, 0.25) is 0 Å². The van der Waals surface area contributed by atoms with Crippen molar-refractivity contribution >= 4 is 17.6 Å². The number of carbonyl (C=O) groups excluding carboxylic acids is 2. The van der Waals surface area contributed by atoms with Gasteiger partial charge in [-0.3, -0.25) is 19.3 Å². The number of anilines is 1. The van der Waals surface area contributed by atoms with Gasteiger partial charge in [0.2, 0.25) is 5.91 Å². The zero-order valence-electron chi connectivity index (χ0n) is 16.0. The number of carbonyl (C=O) groups is 2. The van der Waals surface area contributed by atoms with Crippen LogP contribution in [0.5, 0.6) is 0 Å². The van der Waals surface area contributed by atoms with Crippen LogP contribution in [0.1, 0.15) is 32.7 Å². The van der Waals surface area contributed by atoms with Gasteiger partial charge < -0.3 is 10.6 Å². The molecule has 0 saturated heterocycles. The van der Waals surface area contributed by atoms with E-state index in [-0.39, 0.29) is 11.8 Å². The molecule has 2 amide bonds. The Morgan fingerprint density at radius 1 is 1.28 bits per heavy atom. The summed E-state index contributed by atoms with van der Waals surface area (Å²) < 4.78 is 1.74. The van der Waals surface area contributed by atoms with Crippen LogP contribution in [0.15, 0.2) is 43.0 Å². The molecule has 2 aliphatic rings. The summed E-state index contributed by atoms with van der Waals surface area (Å²) in [7, 11) is 1.86. The van der Waals surface area contributed by atoms with E-state index in [0.717, 1.165) is 22.3 Å². The highest BCUT2D eigenvalue weighted by Crippen LogP contribution is 2.46. The normalized spacial score (nSPS) is 19.1. The molecule has 8 heteroatoms. The van der Waals surface area contributed by atoms with Gasteiger partial charge in [-0.05, 0) is 48.1 Å². The second-order valence-electron chi connectivity index (χ2n) is 7.66. The molecule has 2 N–H and O–H groups in total.